The summed E-state index contributed by atoms with van der Waals surface area (Å²) in [6.45, 7) is 0.308. The third kappa shape index (κ3) is 5.43. The quantitative estimate of drug-likeness (QED) is 0.315. The highest BCUT2D eigenvalue weighted by Gasteiger charge is 2.16. The zero-order valence-corrected chi connectivity index (χ0v) is 15.3. The molecule has 0 spiro atoms. The molecule has 3 aromatic rings. The van der Waals surface area contributed by atoms with Crippen molar-refractivity contribution in [3.63, 3.8) is 0 Å². The van der Waals surface area contributed by atoms with Gasteiger partial charge in [-0.05, 0) is 35.7 Å². The first-order valence-corrected chi connectivity index (χ1v) is 9.25. The van der Waals surface area contributed by atoms with E-state index in [9.17, 15) is 9.59 Å². The first kappa shape index (κ1) is 18.7. The first-order chi connectivity index (χ1) is 13.2. The third-order valence-corrected chi connectivity index (χ3v) is 4.50. The van der Waals surface area contributed by atoms with Crippen molar-refractivity contribution in [3.05, 3.63) is 82.6 Å². The molecule has 0 bridgehead atoms. The van der Waals surface area contributed by atoms with Gasteiger partial charge in [-0.2, -0.15) is 0 Å². The lowest BCUT2D eigenvalue weighted by molar-refractivity contribution is 0.0471. The average molecular weight is 382 g/mol. The Morgan fingerprint density at radius 2 is 1.56 bits per heavy atom. The van der Waals surface area contributed by atoms with E-state index < -0.39 is 5.97 Å². The minimum Gasteiger partial charge on any atom is -0.490 e. The van der Waals surface area contributed by atoms with Crippen LogP contribution in [0.1, 0.15) is 20.0 Å². The monoisotopic (exact) mass is 382 g/mol. The smallest absolute Gasteiger partial charge is 0.342 e. The fourth-order valence-electron chi connectivity index (χ4n) is 2.31. The number of hydrogen-bond donors (Lipinski definition) is 0. The molecule has 0 aliphatic carbocycles. The van der Waals surface area contributed by atoms with Crippen LogP contribution in [0.25, 0.3) is 0 Å². The lowest BCUT2D eigenvalue weighted by atomic mass is 10.2. The number of carbonyl (C=O) groups excluding carboxylic acids is 2. The lowest BCUT2D eigenvalue weighted by Crippen LogP contribution is -2.15. The van der Waals surface area contributed by atoms with Gasteiger partial charge in [-0.3, -0.25) is 4.79 Å². The summed E-state index contributed by atoms with van der Waals surface area (Å²) in [5, 5.41) is 1.80. The predicted octanol–water partition coefficient (Wildman–Crippen LogP) is 4.25. The fraction of sp³-hybridized carbons (Fsp3) is 0.143. The van der Waals surface area contributed by atoms with Crippen LogP contribution in [0, 0.1) is 0 Å². The summed E-state index contributed by atoms with van der Waals surface area (Å²) in [5.41, 5.74) is 0.274. The van der Waals surface area contributed by atoms with Crippen LogP contribution in [0.5, 0.6) is 11.5 Å². The van der Waals surface area contributed by atoms with Crippen LogP contribution in [0.15, 0.2) is 72.1 Å². The van der Waals surface area contributed by atoms with Gasteiger partial charge in [0.1, 0.15) is 30.3 Å². The highest BCUT2D eigenvalue weighted by atomic mass is 32.1. The van der Waals surface area contributed by atoms with Crippen LogP contribution in [0.4, 0.5) is 0 Å². The largest absolute Gasteiger partial charge is 0.490 e. The summed E-state index contributed by atoms with van der Waals surface area (Å²) >= 11 is 1.31. The molecule has 0 amide bonds. The molecule has 3 rings (SSSR count). The van der Waals surface area contributed by atoms with E-state index >= 15 is 0 Å². The first-order valence-electron chi connectivity index (χ1n) is 8.37. The summed E-state index contributed by atoms with van der Waals surface area (Å²) in [6, 6.07) is 19.6. The molecular formula is C21H18O5S. The molecule has 0 N–H and O–H groups in total. The van der Waals surface area contributed by atoms with Gasteiger partial charge in [0.15, 0.2) is 6.61 Å². The van der Waals surface area contributed by atoms with E-state index in [0.717, 1.165) is 5.75 Å². The second-order valence-electron chi connectivity index (χ2n) is 5.48. The van der Waals surface area contributed by atoms with E-state index in [2.05, 4.69) is 0 Å². The molecule has 6 heteroatoms. The number of Topliss-reactive ketones (excluding diaryl/α,β-unsaturated/α-hetero) is 1. The van der Waals surface area contributed by atoms with Crippen LogP contribution in [-0.2, 0) is 4.74 Å². The van der Waals surface area contributed by atoms with E-state index in [0.29, 0.717) is 17.2 Å². The maximum atomic E-state index is 12.3. The number of para-hydroxylation sites is 2. The van der Waals surface area contributed by atoms with Gasteiger partial charge >= 0.3 is 5.97 Å². The fourth-order valence-corrected chi connectivity index (χ4v) is 2.96. The van der Waals surface area contributed by atoms with Gasteiger partial charge in [0.2, 0.25) is 5.78 Å². The molecule has 0 radical (unpaired) electrons. The van der Waals surface area contributed by atoms with Gasteiger partial charge in [0, 0.05) is 0 Å². The molecular weight excluding hydrogens is 364 g/mol. The Kier molecular flexibility index (Phi) is 6.60. The molecule has 0 aliphatic rings. The highest BCUT2D eigenvalue weighted by molar-refractivity contribution is 7.12. The van der Waals surface area contributed by atoms with E-state index in [4.69, 9.17) is 14.2 Å². The van der Waals surface area contributed by atoms with Crippen molar-refractivity contribution in [1.82, 2.24) is 0 Å². The van der Waals surface area contributed by atoms with Crippen LogP contribution in [0.3, 0.4) is 0 Å². The number of benzene rings is 2. The molecule has 1 aromatic heterocycles. The minimum absolute atomic E-state index is 0.229. The number of esters is 1. The molecule has 0 atom stereocenters. The highest BCUT2D eigenvalue weighted by Crippen LogP contribution is 2.19. The van der Waals surface area contributed by atoms with Crippen LogP contribution < -0.4 is 9.47 Å². The summed E-state index contributed by atoms with van der Waals surface area (Å²) < 4.78 is 16.4. The second kappa shape index (κ2) is 9.54. The van der Waals surface area contributed by atoms with Crippen molar-refractivity contribution in [3.8, 4) is 11.5 Å². The third-order valence-electron chi connectivity index (χ3n) is 3.59. The van der Waals surface area contributed by atoms with E-state index in [-0.39, 0.29) is 24.6 Å². The average Bonchev–Trinajstić information content (AvgIpc) is 3.25. The number of ether oxygens (including phenoxy) is 3. The number of carbonyl (C=O) groups is 2. The van der Waals surface area contributed by atoms with E-state index in [1.165, 1.54) is 11.3 Å². The summed E-state index contributed by atoms with van der Waals surface area (Å²) in [6.07, 6.45) is 0. The van der Waals surface area contributed by atoms with E-state index in [1.54, 1.807) is 41.8 Å². The standard InChI is InChI=1S/C21H18O5S/c22-18(20-11-6-14-27-20)15-26-21(23)17-9-4-5-10-19(17)25-13-12-24-16-7-2-1-3-8-16/h1-11,14H,12-13,15H2. The molecule has 0 fully saturated rings. The van der Waals surface area contributed by atoms with Gasteiger partial charge in [0.05, 0.1) is 4.88 Å². The molecule has 0 saturated heterocycles. The van der Waals surface area contributed by atoms with Gasteiger partial charge in [-0.25, -0.2) is 4.79 Å². The predicted molar refractivity (Wildman–Crippen MR) is 103 cm³/mol. The van der Waals surface area contributed by atoms with Gasteiger partial charge in [-0.15, -0.1) is 11.3 Å². The zero-order valence-electron chi connectivity index (χ0n) is 14.5. The maximum Gasteiger partial charge on any atom is 0.342 e. The molecule has 0 unspecified atom stereocenters. The Labute approximate surface area is 161 Å². The Morgan fingerprint density at radius 3 is 2.33 bits per heavy atom. The summed E-state index contributed by atoms with van der Waals surface area (Å²) in [4.78, 5) is 24.8. The van der Waals surface area contributed by atoms with Crippen molar-refractivity contribution >= 4 is 23.1 Å². The van der Waals surface area contributed by atoms with Crippen LogP contribution in [-0.4, -0.2) is 31.6 Å². The number of rotatable bonds is 9. The Balaban J connectivity index is 1.51. The number of hydrogen-bond acceptors (Lipinski definition) is 6. The Bertz CT molecular complexity index is 875. The molecule has 0 saturated carbocycles. The SMILES string of the molecule is O=C(COC(=O)c1ccccc1OCCOc1ccccc1)c1cccs1. The van der Waals surface area contributed by atoms with Crippen LogP contribution in [0.2, 0.25) is 0 Å². The van der Waals surface area contributed by atoms with Gasteiger partial charge in [-0.1, -0.05) is 36.4 Å². The molecule has 5 nitrogen and oxygen atoms in total. The topological polar surface area (TPSA) is 61.8 Å². The van der Waals surface area contributed by atoms with Crippen molar-refractivity contribution in [2.75, 3.05) is 19.8 Å². The molecule has 2 aromatic carbocycles. The van der Waals surface area contributed by atoms with Crippen molar-refractivity contribution in [2.45, 2.75) is 0 Å². The normalized spacial score (nSPS) is 10.2. The number of thiophene rings is 1. The Morgan fingerprint density at radius 1 is 0.815 bits per heavy atom. The second-order valence-corrected chi connectivity index (χ2v) is 6.43. The molecule has 27 heavy (non-hydrogen) atoms. The maximum absolute atomic E-state index is 12.3. The minimum atomic E-state index is -0.598. The number of ketones is 1. The van der Waals surface area contributed by atoms with E-state index in [1.807, 2.05) is 30.3 Å². The van der Waals surface area contributed by atoms with Gasteiger partial charge < -0.3 is 14.2 Å². The van der Waals surface area contributed by atoms with Crippen molar-refractivity contribution in [2.24, 2.45) is 0 Å². The lowest BCUT2D eigenvalue weighted by Gasteiger charge is -2.11. The van der Waals surface area contributed by atoms with Crippen molar-refractivity contribution in [1.29, 1.82) is 0 Å². The van der Waals surface area contributed by atoms with Gasteiger partial charge in [0.25, 0.3) is 0 Å². The van der Waals surface area contributed by atoms with Crippen molar-refractivity contribution < 1.29 is 23.8 Å². The summed E-state index contributed by atoms with van der Waals surface area (Å²) in [7, 11) is 0. The summed E-state index contributed by atoms with van der Waals surface area (Å²) in [5.74, 6) is 0.316. The molecule has 1 heterocycles. The zero-order chi connectivity index (χ0) is 18.9. The van der Waals surface area contributed by atoms with Crippen LogP contribution >= 0.6 is 11.3 Å². The molecule has 138 valence electrons. The Hall–Kier alpha value is -3.12. The molecule has 0 aliphatic heterocycles.